The number of nitro groups is 1. The Bertz CT molecular complexity index is 953. The van der Waals surface area contributed by atoms with Crippen LogP contribution in [0.15, 0.2) is 54.6 Å². The Morgan fingerprint density at radius 1 is 1.28 bits per heavy atom. The van der Waals surface area contributed by atoms with Crippen molar-refractivity contribution in [3.05, 3.63) is 75.8 Å². The van der Waals surface area contributed by atoms with E-state index >= 15 is 0 Å². The molecule has 2 aliphatic rings. The average Bonchev–Trinajstić information content (AvgIpc) is 3.02. The number of benzene rings is 2. The largest absolute Gasteiger partial charge is 0.459 e. The molecule has 2 heterocycles. The van der Waals surface area contributed by atoms with Gasteiger partial charge in [-0.2, -0.15) is 0 Å². The lowest BCUT2D eigenvalue weighted by atomic mass is 10.00. The van der Waals surface area contributed by atoms with Gasteiger partial charge in [0.15, 0.2) is 6.04 Å². The molecule has 1 unspecified atom stereocenters. The first-order valence-corrected chi connectivity index (χ1v) is 11.1. The molecular weight excluding hydrogens is 412 g/mol. The molecule has 1 amide bonds. The van der Waals surface area contributed by atoms with Crippen LogP contribution in [0.1, 0.15) is 17.5 Å². The van der Waals surface area contributed by atoms with E-state index in [1.165, 1.54) is 23.9 Å². The molecule has 0 spiro atoms. The second-order valence-corrected chi connectivity index (χ2v) is 9.48. The molecule has 2 fully saturated rings. The van der Waals surface area contributed by atoms with Gasteiger partial charge < -0.3 is 9.64 Å². The van der Waals surface area contributed by atoms with Crippen molar-refractivity contribution in [2.24, 2.45) is 0 Å². The maximum absolute atomic E-state index is 13.1. The van der Waals surface area contributed by atoms with Crippen molar-refractivity contribution in [1.29, 1.82) is 0 Å². The molecule has 0 aromatic heterocycles. The smallest absolute Gasteiger partial charge is 0.331 e. The maximum Gasteiger partial charge on any atom is 0.331 e. The number of fused-ring (bicyclic) bond motifs is 1. The molecule has 2 saturated heterocycles. The highest BCUT2D eigenvalue weighted by Crippen LogP contribution is 2.61. The fraction of sp³-hybridized carbons (Fsp3) is 0.300. The van der Waals surface area contributed by atoms with E-state index in [2.05, 4.69) is 0 Å². The van der Waals surface area contributed by atoms with Gasteiger partial charge in [0.2, 0.25) is 5.91 Å². The Hall–Kier alpha value is -2.52. The minimum absolute atomic E-state index is 0.00998. The summed E-state index contributed by atoms with van der Waals surface area (Å²) >= 11 is 3.16. The second-order valence-electron chi connectivity index (χ2n) is 6.75. The molecule has 9 heteroatoms. The highest BCUT2D eigenvalue weighted by Gasteiger charge is 2.63. The first kappa shape index (κ1) is 19.8. The van der Waals surface area contributed by atoms with Crippen molar-refractivity contribution < 1.29 is 19.2 Å². The number of hydrogen-bond donors (Lipinski definition) is 0. The van der Waals surface area contributed by atoms with Crippen LogP contribution in [0.25, 0.3) is 0 Å². The van der Waals surface area contributed by atoms with Crippen molar-refractivity contribution >= 4 is 41.1 Å². The van der Waals surface area contributed by atoms with Crippen LogP contribution in [-0.4, -0.2) is 39.4 Å². The molecule has 3 atom stereocenters. The molecular formula is C20H18N2O5S2. The molecule has 0 bridgehead atoms. The lowest BCUT2D eigenvalue weighted by Crippen LogP contribution is -2.57. The average molecular weight is 431 g/mol. The van der Waals surface area contributed by atoms with E-state index in [1.807, 2.05) is 36.6 Å². The fourth-order valence-electron chi connectivity index (χ4n) is 3.65. The summed E-state index contributed by atoms with van der Waals surface area (Å²) in [4.78, 5) is 37.3. The van der Waals surface area contributed by atoms with Gasteiger partial charge in [0.1, 0.15) is 10.7 Å². The van der Waals surface area contributed by atoms with Crippen molar-refractivity contribution in [2.75, 3.05) is 6.26 Å². The van der Waals surface area contributed by atoms with Crippen LogP contribution in [0.4, 0.5) is 5.69 Å². The van der Waals surface area contributed by atoms with E-state index in [4.69, 9.17) is 4.74 Å². The molecule has 0 saturated carbocycles. The summed E-state index contributed by atoms with van der Waals surface area (Å²) in [6.45, 7) is -0.00998. The van der Waals surface area contributed by atoms with E-state index in [9.17, 15) is 19.7 Å². The normalized spacial score (nSPS) is 25.3. The van der Waals surface area contributed by atoms with Crippen molar-refractivity contribution in [3.63, 3.8) is 0 Å². The monoisotopic (exact) mass is 430 g/mol. The summed E-state index contributed by atoms with van der Waals surface area (Å²) < 4.78 is 4.93. The van der Waals surface area contributed by atoms with Gasteiger partial charge in [0, 0.05) is 12.1 Å². The summed E-state index contributed by atoms with van der Waals surface area (Å²) in [6.07, 6.45) is 2.36. The Morgan fingerprint density at radius 3 is 2.55 bits per heavy atom. The SMILES string of the molecule is CSC1(c2ccccc2)S[C@@H]2CC(=O)N2[C@H]1C(=O)OCc1ccc([N+](=O)[O-])cc1. The third-order valence-electron chi connectivity index (χ3n) is 5.13. The zero-order chi connectivity index (χ0) is 20.6. The standard InChI is InChI=1S/C20H18N2O5S2/c1-28-20(14-5-3-2-4-6-14)18(21-16(23)11-17(21)29-20)19(24)27-12-13-7-9-15(10-8-13)22(25)26/h2-10,17-18H,11-12H2,1H3/t17-,18+,20?/m1/s1. The molecule has 2 aliphatic heterocycles. The summed E-state index contributed by atoms with van der Waals surface area (Å²) in [5.41, 5.74) is 1.60. The summed E-state index contributed by atoms with van der Waals surface area (Å²) in [5.74, 6) is -0.517. The van der Waals surface area contributed by atoms with Crippen LogP contribution in [-0.2, 0) is 25.0 Å². The molecule has 2 aromatic carbocycles. The van der Waals surface area contributed by atoms with Crippen LogP contribution < -0.4 is 0 Å². The van der Waals surface area contributed by atoms with Gasteiger partial charge >= 0.3 is 5.97 Å². The molecule has 7 nitrogen and oxygen atoms in total. The number of amides is 1. The number of ether oxygens (including phenoxy) is 1. The second kappa shape index (κ2) is 7.72. The highest BCUT2D eigenvalue weighted by atomic mass is 32.2. The zero-order valence-corrected chi connectivity index (χ0v) is 17.2. The fourth-order valence-corrected chi connectivity index (χ4v) is 6.77. The number of nitrogens with zero attached hydrogens (tertiary/aromatic N) is 2. The van der Waals surface area contributed by atoms with Gasteiger partial charge in [-0.25, -0.2) is 4.79 Å². The first-order chi connectivity index (χ1) is 14.0. The van der Waals surface area contributed by atoms with E-state index < -0.39 is 21.0 Å². The number of esters is 1. The van der Waals surface area contributed by atoms with Crippen molar-refractivity contribution in [2.45, 2.75) is 28.5 Å². The summed E-state index contributed by atoms with van der Waals surface area (Å²) in [7, 11) is 0. The van der Waals surface area contributed by atoms with Crippen LogP contribution in [0, 0.1) is 10.1 Å². The Morgan fingerprint density at radius 2 is 1.97 bits per heavy atom. The third-order valence-corrected chi connectivity index (χ3v) is 8.46. The summed E-state index contributed by atoms with van der Waals surface area (Å²) in [5, 5.41) is 10.7. The van der Waals surface area contributed by atoms with Gasteiger partial charge in [-0.15, -0.1) is 23.5 Å². The minimum atomic E-state index is -0.728. The van der Waals surface area contributed by atoms with Crippen molar-refractivity contribution in [1.82, 2.24) is 4.90 Å². The molecule has 0 N–H and O–H groups in total. The van der Waals surface area contributed by atoms with E-state index in [-0.39, 0.29) is 23.6 Å². The lowest BCUT2D eigenvalue weighted by Gasteiger charge is -2.38. The predicted molar refractivity (Wildman–Crippen MR) is 111 cm³/mol. The van der Waals surface area contributed by atoms with Crippen LogP contribution in [0.3, 0.4) is 0 Å². The maximum atomic E-state index is 13.1. The number of carbonyl (C=O) groups is 2. The number of nitro benzene ring substituents is 1. The van der Waals surface area contributed by atoms with Crippen LogP contribution >= 0.6 is 23.5 Å². The Kier molecular flexibility index (Phi) is 5.26. The van der Waals surface area contributed by atoms with Gasteiger partial charge in [0.05, 0.1) is 16.7 Å². The summed E-state index contributed by atoms with van der Waals surface area (Å²) in [6, 6.07) is 14.8. The minimum Gasteiger partial charge on any atom is -0.459 e. The number of thioether (sulfide) groups is 2. The Balaban J connectivity index is 1.57. The lowest BCUT2D eigenvalue weighted by molar-refractivity contribution is -0.384. The molecule has 4 rings (SSSR count). The number of β-lactam (4-membered cyclic amide) rings is 1. The number of rotatable bonds is 6. The van der Waals surface area contributed by atoms with Gasteiger partial charge in [-0.05, 0) is 29.5 Å². The molecule has 29 heavy (non-hydrogen) atoms. The van der Waals surface area contributed by atoms with Gasteiger partial charge in [-0.3, -0.25) is 14.9 Å². The third kappa shape index (κ3) is 3.38. The number of hydrogen-bond acceptors (Lipinski definition) is 7. The molecule has 2 aromatic rings. The van der Waals surface area contributed by atoms with Gasteiger partial charge in [0.25, 0.3) is 5.69 Å². The molecule has 150 valence electrons. The van der Waals surface area contributed by atoms with E-state index in [0.29, 0.717) is 12.0 Å². The van der Waals surface area contributed by atoms with Crippen LogP contribution in [0.5, 0.6) is 0 Å². The van der Waals surface area contributed by atoms with Gasteiger partial charge in [-0.1, -0.05) is 30.3 Å². The zero-order valence-electron chi connectivity index (χ0n) is 15.5. The Labute approximate surface area is 175 Å². The number of carbonyl (C=O) groups excluding carboxylic acids is 2. The number of non-ortho nitro benzene ring substituents is 1. The molecule has 0 aliphatic carbocycles. The quantitative estimate of drug-likeness (QED) is 0.300. The highest BCUT2D eigenvalue weighted by molar-refractivity contribution is 8.17. The van der Waals surface area contributed by atoms with E-state index in [0.717, 1.165) is 5.56 Å². The van der Waals surface area contributed by atoms with Crippen molar-refractivity contribution in [3.8, 4) is 0 Å². The molecule has 0 radical (unpaired) electrons. The first-order valence-electron chi connectivity index (χ1n) is 8.96. The van der Waals surface area contributed by atoms with E-state index in [1.54, 1.807) is 28.8 Å². The topological polar surface area (TPSA) is 89.8 Å². The van der Waals surface area contributed by atoms with Crippen LogP contribution in [0.2, 0.25) is 0 Å². The predicted octanol–water partition coefficient (Wildman–Crippen LogP) is 3.53.